The van der Waals surface area contributed by atoms with Gasteiger partial charge in [-0.25, -0.2) is 0 Å². The third kappa shape index (κ3) is 7.32. The summed E-state index contributed by atoms with van der Waals surface area (Å²) in [6.07, 6.45) is 4.56. The van der Waals surface area contributed by atoms with E-state index >= 15 is 0 Å². The molecule has 1 N–H and O–H groups in total. The molecule has 0 saturated heterocycles. The van der Waals surface area contributed by atoms with Gasteiger partial charge < -0.3 is 10.1 Å². The Balaban J connectivity index is 0.00000324. The molecule has 4 rings (SSSR count). The van der Waals surface area contributed by atoms with Crippen molar-refractivity contribution in [3.63, 3.8) is 0 Å². The molecule has 0 bridgehead atoms. The third-order valence-electron chi connectivity index (χ3n) is 5.68. The fourth-order valence-corrected chi connectivity index (χ4v) is 3.99. The lowest BCUT2D eigenvalue weighted by molar-refractivity contribution is 0.288. The Morgan fingerprint density at radius 2 is 1.47 bits per heavy atom. The number of aryl methyl sites for hydroxylation is 1. The van der Waals surface area contributed by atoms with Crippen LogP contribution in [0.15, 0.2) is 97.2 Å². The molecule has 34 heavy (non-hydrogen) atoms. The normalized spacial score (nSPS) is 11.4. The van der Waals surface area contributed by atoms with Crippen molar-refractivity contribution in [1.82, 2.24) is 9.78 Å². The first-order valence-corrected chi connectivity index (χ1v) is 11.6. The van der Waals surface area contributed by atoms with Crippen LogP contribution in [0.4, 0.5) is 0 Å². The summed E-state index contributed by atoms with van der Waals surface area (Å²) in [5.41, 5.74) is 5.29. The second-order valence-corrected chi connectivity index (χ2v) is 8.61. The summed E-state index contributed by atoms with van der Waals surface area (Å²) in [5.74, 6) is 0.968. The molecule has 1 unspecified atom stereocenters. The molecule has 176 valence electrons. The largest absolute Gasteiger partial charge is 0.471 e. The highest BCUT2D eigenvalue weighted by molar-refractivity contribution is 5.85. The molecule has 0 aliphatic heterocycles. The topological polar surface area (TPSA) is 50.9 Å². The van der Waals surface area contributed by atoms with Crippen LogP contribution in [0.3, 0.4) is 0 Å². The van der Waals surface area contributed by atoms with Gasteiger partial charge in [-0.3, -0.25) is 4.68 Å². The molecular formula is C29H32ClN3O. The highest BCUT2D eigenvalue weighted by Gasteiger charge is 2.15. The molecule has 0 aliphatic carbocycles. The van der Waals surface area contributed by atoms with Crippen molar-refractivity contribution in [3.05, 3.63) is 108 Å². The molecule has 0 aliphatic rings. The van der Waals surface area contributed by atoms with E-state index in [9.17, 15) is 0 Å². The predicted octanol–water partition coefficient (Wildman–Crippen LogP) is 7.23. The summed E-state index contributed by atoms with van der Waals surface area (Å²) in [5, 5.41) is 13.2. The van der Waals surface area contributed by atoms with Crippen LogP contribution in [-0.4, -0.2) is 15.5 Å². The van der Waals surface area contributed by atoms with Gasteiger partial charge in [0, 0.05) is 18.5 Å². The monoisotopic (exact) mass is 473 g/mol. The Kier molecular flexibility index (Phi) is 9.48. The van der Waals surface area contributed by atoms with E-state index in [0.29, 0.717) is 18.4 Å². The third-order valence-corrected chi connectivity index (χ3v) is 5.68. The van der Waals surface area contributed by atoms with Gasteiger partial charge in [0.05, 0.1) is 5.56 Å². The molecule has 4 aromatic rings. The number of aromatic nitrogens is 2. The zero-order valence-corrected chi connectivity index (χ0v) is 20.4. The van der Waals surface area contributed by atoms with Crippen molar-refractivity contribution >= 4 is 18.1 Å². The van der Waals surface area contributed by atoms with Crippen LogP contribution in [0.5, 0.6) is 5.88 Å². The Labute approximate surface area is 208 Å². The number of ether oxygens (including phenoxy) is 1. The van der Waals surface area contributed by atoms with Gasteiger partial charge in [0.1, 0.15) is 6.61 Å². The Bertz CT molecular complexity index is 1140. The van der Waals surface area contributed by atoms with Gasteiger partial charge in [0.25, 0.3) is 0 Å². The molecule has 1 atom stereocenters. The van der Waals surface area contributed by atoms with Crippen molar-refractivity contribution in [3.8, 4) is 17.0 Å². The molecule has 0 radical (unpaired) electrons. The summed E-state index contributed by atoms with van der Waals surface area (Å²) in [4.78, 5) is 0. The highest BCUT2D eigenvalue weighted by Crippen LogP contribution is 2.30. The minimum Gasteiger partial charge on any atom is -0.471 e. The number of benzene rings is 3. The molecular weight excluding hydrogens is 442 g/mol. The van der Waals surface area contributed by atoms with Crippen LogP contribution in [0.25, 0.3) is 11.1 Å². The van der Waals surface area contributed by atoms with E-state index < -0.39 is 0 Å². The average Bonchev–Trinajstić information content (AvgIpc) is 3.25. The first-order valence-electron chi connectivity index (χ1n) is 11.6. The van der Waals surface area contributed by atoms with Gasteiger partial charge >= 0.3 is 0 Å². The lowest BCUT2D eigenvalue weighted by Crippen LogP contribution is -2.13. The van der Waals surface area contributed by atoms with Gasteiger partial charge in [-0.2, -0.15) is 0 Å². The number of hydrogen-bond acceptors (Lipinski definition) is 3. The van der Waals surface area contributed by atoms with Crippen LogP contribution in [0, 0.1) is 11.3 Å². The molecule has 1 heterocycles. The minimum atomic E-state index is 0. The van der Waals surface area contributed by atoms with Crippen molar-refractivity contribution in [2.75, 3.05) is 0 Å². The summed E-state index contributed by atoms with van der Waals surface area (Å²) in [6, 6.07) is 30.8. The molecule has 1 aromatic heterocycles. The summed E-state index contributed by atoms with van der Waals surface area (Å²) in [7, 11) is 0. The maximum Gasteiger partial charge on any atom is 0.241 e. The molecule has 3 aromatic carbocycles. The van der Waals surface area contributed by atoms with E-state index in [2.05, 4.69) is 61.7 Å². The van der Waals surface area contributed by atoms with E-state index in [1.165, 1.54) is 5.56 Å². The molecule has 0 fully saturated rings. The van der Waals surface area contributed by atoms with Gasteiger partial charge in [-0.15, -0.1) is 17.5 Å². The summed E-state index contributed by atoms with van der Waals surface area (Å²) < 4.78 is 8.10. The maximum atomic E-state index is 8.42. The zero-order chi connectivity index (χ0) is 22.9. The van der Waals surface area contributed by atoms with Crippen LogP contribution in [0.2, 0.25) is 0 Å². The van der Waals surface area contributed by atoms with E-state index in [1.54, 1.807) is 0 Å². The second kappa shape index (κ2) is 12.8. The number of rotatable bonds is 11. The summed E-state index contributed by atoms with van der Waals surface area (Å²) >= 11 is 0. The zero-order valence-electron chi connectivity index (χ0n) is 19.6. The minimum absolute atomic E-state index is 0. The van der Waals surface area contributed by atoms with E-state index in [0.717, 1.165) is 48.2 Å². The van der Waals surface area contributed by atoms with Crippen LogP contribution in [0.1, 0.15) is 30.9 Å². The first-order chi connectivity index (χ1) is 16.2. The fourth-order valence-electron chi connectivity index (χ4n) is 3.99. The lowest BCUT2D eigenvalue weighted by atomic mass is 9.99. The smallest absolute Gasteiger partial charge is 0.241 e. The number of nitrogens with one attached hydrogen (secondary N) is 1. The van der Waals surface area contributed by atoms with Crippen molar-refractivity contribution < 1.29 is 4.74 Å². The Morgan fingerprint density at radius 3 is 2.12 bits per heavy atom. The van der Waals surface area contributed by atoms with Gasteiger partial charge in [0.2, 0.25) is 5.88 Å². The van der Waals surface area contributed by atoms with Crippen molar-refractivity contribution in [1.29, 1.82) is 5.41 Å². The lowest BCUT2D eigenvalue weighted by Gasteiger charge is -2.12. The average molecular weight is 474 g/mol. The standard InChI is InChI=1S/C29H31N3O.ClH/c1-23(19-27(30)18-17-24-11-5-2-6-12-24)20-32-21-28(26-15-9-4-10-16-26)29(31-32)33-22-25-13-7-3-8-14-25;/h2-16,21,23,30H,17-20,22H2,1H3;1H. The maximum absolute atomic E-state index is 8.42. The van der Waals surface area contributed by atoms with Crippen LogP contribution in [-0.2, 0) is 19.6 Å². The molecule has 5 heteroatoms. The highest BCUT2D eigenvalue weighted by atomic mass is 35.5. The van der Waals surface area contributed by atoms with Crippen LogP contribution < -0.4 is 4.74 Å². The van der Waals surface area contributed by atoms with Gasteiger partial charge in [-0.1, -0.05) is 97.9 Å². The predicted molar refractivity (Wildman–Crippen MR) is 142 cm³/mol. The SMILES string of the molecule is CC(CC(=N)CCc1ccccc1)Cn1cc(-c2ccccc2)c(OCc2ccccc2)n1.Cl. The van der Waals surface area contributed by atoms with Crippen molar-refractivity contribution in [2.24, 2.45) is 5.92 Å². The van der Waals surface area contributed by atoms with Crippen molar-refractivity contribution in [2.45, 2.75) is 39.3 Å². The van der Waals surface area contributed by atoms with E-state index in [1.807, 2.05) is 47.1 Å². The Hall–Kier alpha value is -3.37. The Morgan fingerprint density at radius 1 is 0.882 bits per heavy atom. The molecule has 0 spiro atoms. The first kappa shape index (κ1) is 25.3. The number of halogens is 1. The second-order valence-electron chi connectivity index (χ2n) is 8.61. The molecule has 0 saturated carbocycles. The van der Waals surface area contributed by atoms with Gasteiger partial charge in [0.15, 0.2) is 0 Å². The van der Waals surface area contributed by atoms with Gasteiger partial charge in [-0.05, 0) is 41.9 Å². The number of hydrogen-bond donors (Lipinski definition) is 1. The summed E-state index contributed by atoms with van der Waals surface area (Å²) in [6.45, 7) is 3.42. The quantitative estimate of drug-likeness (QED) is 0.233. The number of nitrogens with zero attached hydrogens (tertiary/aromatic N) is 2. The van der Waals surface area contributed by atoms with E-state index in [4.69, 9.17) is 15.2 Å². The van der Waals surface area contributed by atoms with E-state index in [-0.39, 0.29) is 12.4 Å². The fraction of sp³-hybridized carbons (Fsp3) is 0.241. The molecule has 4 nitrogen and oxygen atoms in total. The van der Waals surface area contributed by atoms with Crippen LogP contribution >= 0.6 is 12.4 Å². The molecule has 0 amide bonds.